The van der Waals surface area contributed by atoms with Crippen molar-refractivity contribution >= 4 is 11.4 Å². The maximum Gasteiger partial charge on any atom is 0.309 e. The van der Waals surface area contributed by atoms with E-state index in [-0.39, 0.29) is 11.3 Å². The third-order valence-electron chi connectivity index (χ3n) is 3.31. The van der Waals surface area contributed by atoms with Gasteiger partial charge in [0, 0.05) is 6.54 Å². The van der Waals surface area contributed by atoms with E-state index in [1.54, 1.807) is 12.1 Å². The molecule has 0 fully saturated rings. The van der Waals surface area contributed by atoms with Gasteiger partial charge in [-0.2, -0.15) is 5.26 Å². The zero-order valence-corrected chi connectivity index (χ0v) is 11.7. The number of rotatable bonds is 5. The summed E-state index contributed by atoms with van der Waals surface area (Å²) >= 11 is 0. The SMILES string of the molecule is CCc1ccccc1CNc1cccc(C#N)c1[N+](=O)[O-]. The van der Waals surface area contributed by atoms with E-state index < -0.39 is 4.92 Å². The Morgan fingerprint density at radius 2 is 1.90 bits per heavy atom. The summed E-state index contributed by atoms with van der Waals surface area (Å²) < 4.78 is 0. The Morgan fingerprint density at radius 3 is 2.52 bits per heavy atom. The van der Waals surface area contributed by atoms with Crippen LogP contribution < -0.4 is 5.32 Å². The molecular formula is C16H15N3O2. The molecule has 0 saturated heterocycles. The molecule has 0 heterocycles. The Bertz CT molecular complexity index is 705. The van der Waals surface area contributed by atoms with Crippen LogP contribution in [0.2, 0.25) is 0 Å². The van der Waals surface area contributed by atoms with Crippen LogP contribution in [-0.2, 0) is 13.0 Å². The molecule has 0 aromatic heterocycles. The second-order valence-electron chi connectivity index (χ2n) is 4.55. The molecule has 21 heavy (non-hydrogen) atoms. The number of hydrogen-bond acceptors (Lipinski definition) is 4. The van der Waals surface area contributed by atoms with Gasteiger partial charge >= 0.3 is 5.69 Å². The predicted molar refractivity (Wildman–Crippen MR) is 81.0 cm³/mol. The normalized spacial score (nSPS) is 9.90. The molecule has 2 aromatic rings. The molecule has 0 atom stereocenters. The highest BCUT2D eigenvalue weighted by molar-refractivity contribution is 5.68. The van der Waals surface area contributed by atoms with Gasteiger partial charge in [-0.3, -0.25) is 10.1 Å². The average Bonchev–Trinajstić information content (AvgIpc) is 2.52. The van der Waals surface area contributed by atoms with E-state index >= 15 is 0 Å². The van der Waals surface area contributed by atoms with Crippen molar-refractivity contribution in [3.63, 3.8) is 0 Å². The number of aryl methyl sites for hydroxylation is 1. The summed E-state index contributed by atoms with van der Waals surface area (Å²) in [6, 6.07) is 14.5. The first kappa shape index (κ1) is 14.5. The third-order valence-corrected chi connectivity index (χ3v) is 3.31. The van der Waals surface area contributed by atoms with Gasteiger partial charge in [-0.05, 0) is 29.7 Å². The Morgan fingerprint density at radius 1 is 1.19 bits per heavy atom. The first-order valence-electron chi connectivity index (χ1n) is 6.65. The fraction of sp³-hybridized carbons (Fsp3) is 0.188. The van der Waals surface area contributed by atoms with Crippen LogP contribution in [0.5, 0.6) is 0 Å². The topological polar surface area (TPSA) is 79.0 Å². The number of benzene rings is 2. The number of nitrogens with one attached hydrogen (secondary N) is 1. The van der Waals surface area contributed by atoms with Gasteiger partial charge < -0.3 is 5.32 Å². The number of nitrogens with zero attached hydrogens (tertiary/aromatic N) is 2. The largest absolute Gasteiger partial charge is 0.375 e. The highest BCUT2D eigenvalue weighted by atomic mass is 16.6. The van der Waals surface area contributed by atoms with Gasteiger partial charge in [0.05, 0.1) is 4.92 Å². The number of anilines is 1. The van der Waals surface area contributed by atoms with Gasteiger partial charge in [-0.1, -0.05) is 37.3 Å². The maximum atomic E-state index is 11.2. The highest BCUT2D eigenvalue weighted by Crippen LogP contribution is 2.28. The molecule has 0 radical (unpaired) electrons. The Kier molecular flexibility index (Phi) is 4.52. The summed E-state index contributed by atoms with van der Waals surface area (Å²) in [5, 5.41) is 23.2. The van der Waals surface area contributed by atoms with Gasteiger partial charge in [0.2, 0.25) is 0 Å². The fourth-order valence-corrected chi connectivity index (χ4v) is 2.24. The molecule has 0 aliphatic carbocycles. The van der Waals surface area contributed by atoms with Crippen molar-refractivity contribution in [2.75, 3.05) is 5.32 Å². The molecule has 5 nitrogen and oxygen atoms in total. The number of nitro groups is 1. The summed E-state index contributed by atoms with van der Waals surface area (Å²) in [4.78, 5) is 10.6. The first-order valence-corrected chi connectivity index (χ1v) is 6.65. The van der Waals surface area contributed by atoms with Crippen molar-refractivity contribution in [3.05, 3.63) is 69.3 Å². The minimum atomic E-state index is -0.521. The standard InChI is InChI=1S/C16H15N3O2/c1-2-12-6-3-4-7-14(12)11-18-15-9-5-8-13(10-17)16(15)19(20)21/h3-9,18H,2,11H2,1H3. The molecule has 5 heteroatoms. The van der Waals surface area contributed by atoms with E-state index in [2.05, 4.69) is 12.2 Å². The lowest BCUT2D eigenvalue weighted by atomic mass is 10.1. The Balaban J connectivity index is 2.29. The molecule has 0 spiro atoms. The number of hydrogen-bond donors (Lipinski definition) is 1. The van der Waals surface area contributed by atoms with Crippen molar-refractivity contribution in [3.8, 4) is 6.07 Å². The zero-order chi connectivity index (χ0) is 15.2. The molecule has 0 aliphatic heterocycles. The van der Waals surface area contributed by atoms with Crippen LogP contribution in [0.25, 0.3) is 0 Å². The van der Waals surface area contributed by atoms with Crippen LogP contribution in [0.15, 0.2) is 42.5 Å². The van der Waals surface area contributed by atoms with E-state index in [4.69, 9.17) is 5.26 Å². The Labute approximate surface area is 123 Å². The molecule has 0 saturated carbocycles. The average molecular weight is 281 g/mol. The van der Waals surface area contributed by atoms with Crippen molar-refractivity contribution < 1.29 is 4.92 Å². The quantitative estimate of drug-likeness (QED) is 0.670. The molecular weight excluding hydrogens is 266 g/mol. The van der Waals surface area contributed by atoms with E-state index in [0.29, 0.717) is 12.2 Å². The summed E-state index contributed by atoms with van der Waals surface area (Å²) in [6.07, 6.45) is 0.901. The highest BCUT2D eigenvalue weighted by Gasteiger charge is 2.19. The van der Waals surface area contributed by atoms with E-state index in [0.717, 1.165) is 12.0 Å². The van der Waals surface area contributed by atoms with Crippen LogP contribution in [-0.4, -0.2) is 4.92 Å². The summed E-state index contributed by atoms with van der Waals surface area (Å²) in [7, 11) is 0. The lowest BCUT2D eigenvalue weighted by Crippen LogP contribution is -2.05. The van der Waals surface area contributed by atoms with Crippen LogP contribution in [0.3, 0.4) is 0 Å². The predicted octanol–water partition coefficient (Wildman–Crippen LogP) is 3.64. The van der Waals surface area contributed by atoms with Gasteiger partial charge in [0.25, 0.3) is 0 Å². The van der Waals surface area contributed by atoms with E-state index in [1.165, 1.54) is 11.6 Å². The number of nitriles is 1. The zero-order valence-electron chi connectivity index (χ0n) is 11.7. The van der Waals surface area contributed by atoms with Gasteiger partial charge in [0.15, 0.2) is 0 Å². The van der Waals surface area contributed by atoms with Gasteiger partial charge in [0.1, 0.15) is 17.3 Å². The molecule has 2 aromatic carbocycles. The molecule has 0 amide bonds. The van der Waals surface area contributed by atoms with Crippen LogP contribution in [0.1, 0.15) is 23.6 Å². The Hall–Kier alpha value is -2.87. The third kappa shape index (κ3) is 3.18. The van der Waals surface area contributed by atoms with Crippen LogP contribution in [0.4, 0.5) is 11.4 Å². The van der Waals surface area contributed by atoms with E-state index in [9.17, 15) is 10.1 Å². The minimum absolute atomic E-state index is 0.0637. The number of nitro benzene ring substituents is 1. The van der Waals surface area contributed by atoms with Crippen molar-refractivity contribution in [1.82, 2.24) is 0 Å². The summed E-state index contributed by atoms with van der Waals surface area (Å²) in [6.45, 7) is 2.55. The first-order chi connectivity index (χ1) is 10.2. The monoisotopic (exact) mass is 281 g/mol. The number of para-hydroxylation sites is 1. The smallest absolute Gasteiger partial charge is 0.309 e. The molecule has 1 N–H and O–H groups in total. The van der Waals surface area contributed by atoms with Crippen molar-refractivity contribution in [2.45, 2.75) is 19.9 Å². The summed E-state index contributed by atoms with van der Waals surface area (Å²) in [5.74, 6) is 0. The molecule has 0 bridgehead atoms. The van der Waals surface area contributed by atoms with Crippen molar-refractivity contribution in [2.24, 2.45) is 0 Å². The van der Waals surface area contributed by atoms with Gasteiger partial charge in [-0.25, -0.2) is 0 Å². The maximum absolute atomic E-state index is 11.2. The second kappa shape index (κ2) is 6.53. The molecule has 0 aliphatic rings. The lowest BCUT2D eigenvalue weighted by Gasteiger charge is -2.11. The molecule has 2 rings (SSSR count). The second-order valence-corrected chi connectivity index (χ2v) is 4.55. The van der Waals surface area contributed by atoms with E-state index in [1.807, 2.05) is 30.3 Å². The van der Waals surface area contributed by atoms with Crippen molar-refractivity contribution in [1.29, 1.82) is 5.26 Å². The van der Waals surface area contributed by atoms with Crippen LogP contribution >= 0.6 is 0 Å². The van der Waals surface area contributed by atoms with Gasteiger partial charge in [-0.15, -0.1) is 0 Å². The lowest BCUT2D eigenvalue weighted by molar-refractivity contribution is -0.384. The minimum Gasteiger partial charge on any atom is -0.375 e. The molecule has 106 valence electrons. The summed E-state index contributed by atoms with van der Waals surface area (Å²) in [5.41, 5.74) is 2.55. The van der Waals surface area contributed by atoms with Crippen LogP contribution in [0, 0.1) is 21.4 Å². The fourth-order valence-electron chi connectivity index (χ4n) is 2.24. The molecule has 0 unspecified atom stereocenters.